The smallest absolute Gasteiger partial charge is 0.134 e. The minimum Gasteiger partial charge on any atom is -0.300 e. The van der Waals surface area contributed by atoms with E-state index in [2.05, 4.69) is 12.1 Å². The number of benzene rings is 4. The molecule has 0 spiro atoms. The molecule has 0 fully saturated rings. The molecule has 2 unspecified atom stereocenters. The fourth-order valence-corrected chi connectivity index (χ4v) is 4.37. The van der Waals surface area contributed by atoms with E-state index < -0.39 is 0 Å². The number of rotatable bonds is 8. The lowest BCUT2D eigenvalue weighted by molar-refractivity contribution is -0.119. The molecule has 4 rings (SSSR count). The fourth-order valence-electron chi connectivity index (χ4n) is 4.37. The summed E-state index contributed by atoms with van der Waals surface area (Å²) in [7, 11) is 0. The van der Waals surface area contributed by atoms with Gasteiger partial charge in [-0.25, -0.2) is 8.78 Å². The van der Waals surface area contributed by atoms with Crippen molar-refractivity contribution in [2.75, 3.05) is 0 Å². The molecule has 0 saturated carbocycles. The highest BCUT2D eigenvalue weighted by Gasteiger charge is 2.23. The van der Waals surface area contributed by atoms with Crippen LogP contribution in [-0.4, -0.2) is 5.78 Å². The second-order valence-corrected chi connectivity index (χ2v) is 8.62. The summed E-state index contributed by atoms with van der Waals surface area (Å²) < 4.78 is 27.2. The molecule has 0 aliphatic rings. The first-order chi connectivity index (χ1) is 17.5. The Labute approximate surface area is 208 Å². The van der Waals surface area contributed by atoms with Gasteiger partial charge in [-0.3, -0.25) is 4.79 Å². The minimum absolute atomic E-state index is 0.0210. The van der Waals surface area contributed by atoms with E-state index in [1.165, 1.54) is 24.3 Å². The summed E-state index contributed by atoms with van der Waals surface area (Å²) in [6.07, 6.45) is 0.344. The van der Waals surface area contributed by atoms with Crippen LogP contribution in [0, 0.1) is 34.3 Å². The monoisotopic (exact) mass is 476 g/mol. The Bertz CT molecular complexity index is 1300. The van der Waals surface area contributed by atoms with Crippen molar-refractivity contribution in [3.05, 3.63) is 142 Å². The van der Waals surface area contributed by atoms with Gasteiger partial charge in [-0.2, -0.15) is 10.5 Å². The van der Waals surface area contributed by atoms with Crippen molar-refractivity contribution in [3.8, 4) is 12.1 Å². The minimum atomic E-state index is -0.360. The Kier molecular flexibility index (Phi) is 7.63. The predicted octanol–water partition coefficient (Wildman–Crippen LogP) is 7.02. The number of ketones is 1. The Morgan fingerprint density at radius 3 is 1.11 bits per heavy atom. The van der Waals surface area contributed by atoms with Crippen LogP contribution in [0.2, 0.25) is 0 Å². The Morgan fingerprint density at radius 1 is 0.556 bits per heavy atom. The number of halogens is 2. The quantitative estimate of drug-likeness (QED) is 0.274. The molecule has 5 heteroatoms. The van der Waals surface area contributed by atoms with Gasteiger partial charge < -0.3 is 0 Å². The Hall–Kier alpha value is -4.61. The van der Waals surface area contributed by atoms with E-state index in [1.807, 2.05) is 24.3 Å². The molecule has 4 aromatic carbocycles. The molecule has 2 atom stereocenters. The summed E-state index contributed by atoms with van der Waals surface area (Å²) in [5.41, 5.74) is 4.33. The molecule has 176 valence electrons. The van der Waals surface area contributed by atoms with Crippen LogP contribution < -0.4 is 0 Å². The molecule has 0 radical (unpaired) electrons. The van der Waals surface area contributed by atoms with E-state index in [-0.39, 0.29) is 42.1 Å². The number of Topliss-reactive ketones (excluding diaryl/α,β-unsaturated/α-hetero) is 1. The van der Waals surface area contributed by atoms with E-state index in [0.29, 0.717) is 11.1 Å². The number of carbonyl (C=O) groups excluding carboxylic acids is 1. The van der Waals surface area contributed by atoms with Crippen LogP contribution in [0.4, 0.5) is 8.78 Å². The zero-order valence-corrected chi connectivity index (χ0v) is 19.4. The van der Waals surface area contributed by atoms with Crippen molar-refractivity contribution < 1.29 is 13.6 Å². The molecule has 0 amide bonds. The van der Waals surface area contributed by atoms with E-state index in [0.717, 1.165) is 22.3 Å². The molecule has 4 aromatic rings. The fraction of sp³-hybridized carbons (Fsp3) is 0.129. The van der Waals surface area contributed by atoms with Gasteiger partial charge in [0.05, 0.1) is 23.3 Å². The van der Waals surface area contributed by atoms with Gasteiger partial charge >= 0.3 is 0 Å². The van der Waals surface area contributed by atoms with Gasteiger partial charge in [-0.1, -0.05) is 48.5 Å². The highest BCUT2D eigenvalue weighted by Crippen LogP contribution is 2.33. The molecule has 0 bridgehead atoms. The van der Waals surface area contributed by atoms with Crippen molar-refractivity contribution in [2.24, 2.45) is 0 Å². The lowest BCUT2D eigenvalue weighted by Gasteiger charge is -2.21. The molecule has 36 heavy (non-hydrogen) atoms. The van der Waals surface area contributed by atoms with Crippen LogP contribution in [-0.2, 0) is 4.79 Å². The molecule has 0 saturated heterocycles. The average molecular weight is 477 g/mol. The summed E-state index contributed by atoms with van der Waals surface area (Å²) in [5.74, 6) is -1.38. The van der Waals surface area contributed by atoms with Gasteiger partial charge in [0, 0.05) is 24.7 Å². The highest BCUT2D eigenvalue weighted by molar-refractivity contribution is 5.81. The number of nitriles is 2. The van der Waals surface area contributed by atoms with Crippen LogP contribution in [0.25, 0.3) is 0 Å². The second-order valence-electron chi connectivity index (χ2n) is 8.62. The first-order valence-electron chi connectivity index (χ1n) is 11.5. The number of carbonyl (C=O) groups is 1. The standard InChI is InChI=1S/C31H22F2N2O/c32-27-13-9-25(10-14-27)30(23-5-1-21(19-34)2-6-23)17-29(36)18-31(26-11-15-28(33)16-12-26)24-7-3-22(20-35)4-8-24/h1-16,30-31H,17-18H2. The summed E-state index contributed by atoms with van der Waals surface area (Å²) in [4.78, 5) is 13.5. The number of hydrogen-bond acceptors (Lipinski definition) is 3. The molecule has 0 heterocycles. The summed E-state index contributed by atoms with van der Waals surface area (Å²) in [5, 5.41) is 18.3. The molecule has 0 aliphatic carbocycles. The van der Waals surface area contributed by atoms with Crippen LogP contribution in [0.15, 0.2) is 97.1 Å². The maximum Gasteiger partial charge on any atom is 0.134 e. The summed E-state index contributed by atoms with van der Waals surface area (Å²) in [6, 6.07) is 30.4. The zero-order chi connectivity index (χ0) is 25.5. The van der Waals surface area contributed by atoms with Crippen molar-refractivity contribution in [1.82, 2.24) is 0 Å². The van der Waals surface area contributed by atoms with Gasteiger partial charge in [-0.05, 0) is 70.8 Å². The predicted molar refractivity (Wildman–Crippen MR) is 133 cm³/mol. The second kappa shape index (κ2) is 11.2. The Balaban J connectivity index is 1.64. The number of nitrogens with zero attached hydrogens (tertiary/aromatic N) is 2. The van der Waals surface area contributed by atoms with Crippen molar-refractivity contribution in [2.45, 2.75) is 24.7 Å². The largest absolute Gasteiger partial charge is 0.300 e. The third-order valence-corrected chi connectivity index (χ3v) is 6.29. The van der Waals surface area contributed by atoms with E-state index in [9.17, 15) is 13.6 Å². The third-order valence-electron chi connectivity index (χ3n) is 6.29. The van der Waals surface area contributed by atoms with Gasteiger partial charge in [-0.15, -0.1) is 0 Å². The maximum atomic E-state index is 13.6. The maximum absolute atomic E-state index is 13.6. The molecule has 0 N–H and O–H groups in total. The van der Waals surface area contributed by atoms with Crippen molar-refractivity contribution in [1.29, 1.82) is 10.5 Å². The van der Waals surface area contributed by atoms with E-state index in [1.54, 1.807) is 48.5 Å². The average Bonchev–Trinajstić information content (AvgIpc) is 2.92. The zero-order valence-electron chi connectivity index (χ0n) is 19.4. The number of hydrogen-bond donors (Lipinski definition) is 0. The summed E-state index contributed by atoms with van der Waals surface area (Å²) >= 11 is 0. The Morgan fingerprint density at radius 2 is 0.833 bits per heavy atom. The first kappa shape index (κ1) is 24.5. The van der Waals surface area contributed by atoms with Gasteiger partial charge in [0.2, 0.25) is 0 Å². The summed E-state index contributed by atoms with van der Waals surface area (Å²) in [6.45, 7) is 0. The van der Waals surface area contributed by atoms with Crippen molar-refractivity contribution in [3.63, 3.8) is 0 Å². The van der Waals surface area contributed by atoms with Gasteiger partial charge in [0.25, 0.3) is 0 Å². The lowest BCUT2D eigenvalue weighted by atomic mass is 9.82. The molecule has 0 aliphatic heterocycles. The normalized spacial score (nSPS) is 12.2. The van der Waals surface area contributed by atoms with Crippen LogP contribution in [0.1, 0.15) is 58.1 Å². The first-order valence-corrected chi connectivity index (χ1v) is 11.5. The molecular weight excluding hydrogens is 454 g/mol. The van der Waals surface area contributed by atoms with Crippen molar-refractivity contribution >= 4 is 5.78 Å². The van der Waals surface area contributed by atoms with E-state index >= 15 is 0 Å². The van der Waals surface area contributed by atoms with Gasteiger partial charge in [0.1, 0.15) is 17.4 Å². The molecule has 3 nitrogen and oxygen atoms in total. The van der Waals surface area contributed by atoms with Gasteiger partial charge in [0.15, 0.2) is 0 Å². The molecular formula is C31H22F2N2O. The SMILES string of the molecule is N#Cc1ccc(C(CC(=O)CC(c2ccc(F)cc2)c2ccc(C#N)cc2)c2ccc(F)cc2)cc1. The topological polar surface area (TPSA) is 64.7 Å². The third kappa shape index (κ3) is 5.90. The highest BCUT2D eigenvalue weighted by atomic mass is 19.1. The lowest BCUT2D eigenvalue weighted by Crippen LogP contribution is -2.13. The van der Waals surface area contributed by atoms with Crippen LogP contribution in [0.5, 0.6) is 0 Å². The van der Waals surface area contributed by atoms with E-state index in [4.69, 9.17) is 10.5 Å². The van der Waals surface area contributed by atoms with Crippen LogP contribution >= 0.6 is 0 Å². The molecule has 0 aromatic heterocycles. The van der Waals surface area contributed by atoms with Crippen LogP contribution in [0.3, 0.4) is 0 Å².